The van der Waals surface area contributed by atoms with Crippen LogP contribution in [0.4, 0.5) is 0 Å². The van der Waals surface area contributed by atoms with E-state index >= 15 is 0 Å². The van der Waals surface area contributed by atoms with Gasteiger partial charge in [0.15, 0.2) is 0 Å². The molecule has 1 aromatic heterocycles. The van der Waals surface area contributed by atoms with Crippen molar-refractivity contribution in [1.82, 2.24) is 4.98 Å². The van der Waals surface area contributed by atoms with Crippen molar-refractivity contribution in [3.8, 4) is 0 Å². The van der Waals surface area contributed by atoms with Gasteiger partial charge >= 0.3 is 0 Å². The molecule has 1 saturated carbocycles. The van der Waals surface area contributed by atoms with Crippen LogP contribution in [0.15, 0.2) is 5.38 Å². The zero-order chi connectivity index (χ0) is 9.97. The number of rotatable bonds is 3. The monoisotopic (exact) mass is 228 g/mol. The van der Waals surface area contributed by atoms with Gasteiger partial charge in [0.25, 0.3) is 0 Å². The van der Waals surface area contributed by atoms with Crippen LogP contribution in [0, 0.1) is 0 Å². The summed E-state index contributed by atoms with van der Waals surface area (Å²) in [6.45, 7) is 0. The third-order valence-corrected chi connectivity index (χ3v) is 4.40. The van der Waals surface area contributed by atoms with Crippen LogP contribution in [-0.4, -0.2) is 17.3 Å². The third-order valence-electron chi connectivity index (χ3n) is 2.79. The molecule has 0 saturated heterocycles. The number of aromatic nitrogens is 1. The molecule has 1 heterocycles. The Hall–Kier alpha value is -0.0600. The van der Waals surface area contributed by atoms with Crippen molar-refractivity contribution in [3.05, 3.63) is 16.1 Å². The fourth-order valence-corrected chi connectivity index (χ4v) is 3.62. The summed E-state index contributed by atoms with van der Waals surface area (Å²) in [5.41, 5.74) is 7.29. The van der Waals surface area contributed by atoms with Crippen LogP contribution >= 0.6 is 23.1 Å². The molecule has 1 aliphatic rings. The molecule has 2 atom stereocenters. The molecule has 0 spiro atoms. The van der Waals surface area contributed by atoms with E-state index in [-0.39, 0.29) is 0 Å². The van der Waals surface area contributed by atoms with Crippen LogP contribution in [0.3, 0.4) is 0 Å². The van der Waals surface area contributed by atoms with Gasteiger partial charge in [0.2, 0.25) is 0 Å². The van der Waals surface area contributed by atoms with E-state index in [0.29, 0.717) is 12.0 Å². The molecular formula is C10H16N2S2. The Balaban J connectivity index is 2.08. The predicted molar refractivity (Wildman–Crippen MR) is 63.9 cm³/mol. The van der Waals surface area contributed by atoms with E-state index in [1.54, 1.807) is 11.3 Å². The normalized spacial score (nSPS) is 27.0. The molecule has 2 nitrogen and oxygen atoms in total. The maximum absolute atomic E-state index is 6.05. The Morgan fingerprint density at radius 2 is 2.50 bits per heavy atom. The molecule has 1 aromatic rings. The van der Waals surface area contributed by atoms with Crippen molar-refractivity contribution in [2.75, 3.05) is 6.26 Å². The molecule has 2 N–H and O–H groups in total. The van der Waals surface area contributed by atoms with Crippen molar-refractivity contribution in [2.45, 2.75) is 37.0 Å². The van der Waals surface area contributed by atoms with Gasteiger partial charge in [-0.15, -0.1) is 11.3 Å². The highest BCUT2D eigenvalue weighted by atomic mass is 32.2. The molecule has 1 fully saturated rings. The van der Waals surface area contributed by atoms with Gasteiger partial charge in [0.05, 0.1) is 5.69 Å². The Labute approximate surface area is 93.3 Å². The number of hydrogen-bond acceptors (Lipinski definition) is 4. The van der Waals surface area contributed by atoms with Crippen molar-refractivity contribution in [3.63, 3.8) is 0 Å². The van der Waals surface area contributed by atoms with Crippen LogP contribution in [0.1, 0.15) is 35.9 Å². The van der Waals surface area contributed by atoms with E-state index in [9.17, 15) is 0 Å². The first-order valence-corrected chi connectivity index (χ1v) is 7.27. The second-order valence-electron chi connectivity index (χ2n) is 3.80. The molecule has 0 aromatic carbocycles. The SMILES string of the molecule is CSCc1nc(C2CCCC2N)cs1. The summed E-state index contributed by atoms with van der Waals surface area (Å²) in [6, 6.07) is 0.347. The maximum atomic E-state index is 6.05. The van der Waals surface area contributed by atoms with Crippen LogP contribution in [-0.2, 0) is 5.75 Å². The molecule has 0 amide bonds. The van der Waals surface area contributed by atoms with Gasteiger partial charge in [0.1, 0.15) is 5.01 Å². The molecule has 14 heavy (non-hydrogen) atoms. The zero-order valence-electron chi connectivity index (χ0n) is 8.40. The van der Waals surface area contributed by atoms with E-state index < -0.39 is 0 Å². The molecular weight excluding hydrogens is 212 g/mol. The maximum Gasteiger partial charge on any atom is 0.103 e. The molecule has 78 valence electrons. The largest absolute Gasteiger partial charge is 0.327 e. The number of nitrogens with zero attached hydrogens (tertiary/aromatic N) is 1. The summed E-state index contributed by atoms with van der Waals surface area (Å²) in [6.07, 6.45) is 5.77. The number of nitrogens with two attached hydrogens (primary N) is 1. The lowest BCUT2D eigenvalue weighted by Crippen LogP contribution is -2.22. The van der Waals surface area contributed by atoms with Gasteiger partial charge in [-0.2, -0.15) is 11.8 Å². The van der Waals surface area contributed by atoms with Gasteiger partial charge in [-0.05, 0) is 19.1 Å². The van der Waals surface area contributed by atoms with Gasteiger partial charge in [-0.1, -0.05) is 6.42 Å². The summed E-state index contributed by atoms with van der Waals surface area (Å²) >= 11 is 3.60. The van der Waals surface area contributed by atoms with E-state index in [1.165, 1.54) is 30.0 Å². The van der Waals surface area contributed by atoms with Crippen LogP contribution in [0.5, 0.6) is 0 Å². The number of thiazole rings is 1. The van der Waals surface area contributed by atoms with Crippen LogP contribution in [0.25, 0.3) is 0 Å². The van der Waals surface area contributed by atoms with Crippen molar-refractivity contribution < 1.29 is 0 Å². The summed E-state index contributed by atoms with van der Waals surface area (Å²) in [4.78, 5) is 4.65. The first-order chi connectivity index (χ1) is 6.81. The summed E-state index contributed by atoms with van der Waals surface area (Å²) in [7, 11) is 0. The average Bonchev–Trinajstić information content (AvgIpc) is 2.74. The Kier molecular flexibility index (Phi) is 3.47. The predicted octanol–water partition coefficient (Wildman–Crippen LogP) is 2.60. The lowest BCUT2D eigenvalue weighted by Gasteiger charge is -2.11. The minimum atomic E-state index is 0.347. The Bertz CT molecular complexity index is 298. The highest BCUT2D eigenvalue weighted by molar-refractivity contribution is 7.97. The van der Waals surface area contributed by atoms with Crippen molar-refractivity contribution in [2.24, 2.45) is 5.73 Å². The number of thioether (sulfide) groups is 1. The molecule has 0 radical (unpaired) electrons. The van der Waals surface area contributed by atoms with E-state index in [4.69, 9.17) is 5.73 Å². The Morgan fingerprint density at radius 3 is 3.14 bits per heavy atom. The van der Waals surface area contributed by atoms with Crippen LogP contribution < -0.4 is 5.73 Å². The topological polar surface area (TPSA) is 38.9 Å². The molecule has 0 aliphatic heterocycles. The Morgan fingerprint density at radius 1 is 1.64 bits per heavy atom. The minimum absolute atomic E-state index is 0.347. The third kappa shape index (κ3) is 2.12. The van der Waals surface area contributed by atoms with Gasteiger partial charge in [-0.3, -0.25) is 0 Å². The van der Waals surface area contributed by atoms with Gasteiger partial charge in [-0.25, -0.2) is 4.98 Å². The quantitative estimate of drug-likeness (QED) is 0.864. The van der Waals surface area contributed by atoms with E-state index in [1.807, 2.05) is 11.8 Å². The van der Waals surface area contributed by atoms with Gasteiger partial charge < -0.3 is 5.73 Å². The molecule has 2 unspecified atom stereocenters. The summed E-state index contributed by atoms with van der Waals surface area (Å²) in [5.74, 6) is 1.56. The van der Waals surface area contributed by atoms with E-state index in [0.717, 1.165) is 5.75 Å². The molecule has 4 heteroatoms. The fourth-order valence-electron chi connectivity index (χ4n) is 2.04. The second kappa shape index (κ2) is 4.64. The molecule has 2 rings (SSSR count). The fraction of sp³-hybridized carbons (Fsp3) is 0.700. The van der Waals surface area contributed by atoms with Gasteiger partial charge in [0, 0.05) is 23.1 Å². The highest BCUT2D eigenvalue weighted by Crippen LogP contribution is 2.34. The highest BCUT2D eigenvalue weighted by Gasteiger charge is 2.27. The number of hydrogen-bond donors (Lipinski definition) is 1. The van der Waals surface area contributed by atoms with Crippen molar-refractivity contribution >= 4 is 23.1 Å². The summed E-state index contributed by atoms with van der Waals surface area (Å²) < 4.78 is 0. The second-order valence-corrected chi connectivity index (χ2v) is 5.61. The van der Waals surface area contributed by atoms with Crippen molar-refractivity contribution in [1.29, 1.82) is 0 Å². The average molecular weight is 228 g/mol. The standard InChI is InChI=1S/C10H16N2S2/c1-13-6-10-12-9(5-14-10)7-3-2-4-8(7)11/h5,7-8H,2-4,6,11H2,1H3. The smallest absolute Gasteiger partial charge is 0.103 e. The lowest BCUT2D eigenvalue weighted by molar-refractivity contribution is 0.600. The molecule has 0 bridgehead atoms. The first-order valence-electron chi connectivity index (χ1n) is 5.00. The zero-order valence-corrected chi connectivity index (χ0v) is 10.0. The van der Waals surface area contributed by atoms with E-state index in [2.05, 4.69) is 16.6 Å². The minimum Gasteiger partial charge on any atom is -0.327 e. The lowest BCUT2D eigenvalue weighted by atomic mass is 10.0. The first kappa shape index (κ1) is 10.5. The van der Waals surface area contributed by atoms with Crippen LogP contribution in [0.2, 0.25) is 0 Å². The summed E-state index contributed by atoms with van der Waals surface area (Å²) in [5, 5.41) is 3.44. The molecule has 1 aliphatic carbocycles.